The van der Waals surface area contributed by atoms with Crippen LogP contribution < -0.4 is 81.4 Å². The number of nitrogens with one attached hydrogen (secondary N) is 13. The number of aliphatic hydroxyl groups is 4. The Morgan fingerprint density at radius 2 is 0.970 bits per heavy atom. The third-order valence-corrected chi connectivity index (χ3v) is 15.3. The van der Waals surface area contributed by atoms with Crippen LogP contribution in [-0.2, 0) is 84.8 Å². The Bertz CT molecular complexity index is 3130. The largest absolute Gasteiger partial charge is 0.481 e. The van der Waals surface area contributed by atoms with Gasteiger partial charge in [0.25, 0.3) is 0 Å². The summed E-state index contributed by atoms with van der Waals surface area (Å²) in [6.07, 6.45) is 2.16. The van der Waals surface area contributed by atoms with Crippen molar-refractivity contribution in [1.82, 2.24) is 83.3 Å². The zero-order valence-electron chi connectivity index (χ0n) is 54.1. The molecule has 1 saturated heterocycles. The van der Waals surface area contributed by atoms with Crippen LogP contribution >= 0.6 is 12.6 Å². The van der Waals surface area contributed by atoms with E-state index in [4.69, 9.17) is 22.9 Å². The summed E-state index contributed by atoms with van der Waals surface area (Å²) < 4.78 is 0. The van der Waals surface area contributed by atoms with E-state index in [2.05, 4.69) is 96.0 Å². The van der Waals surface area contributed by atoms with Gasteiger partial charge in [0.15, 0.2) is 5.96 Å². The Morgan fingerprint density at radius 1 is 0.540 bits per heavy atom. The number of carbonyl (C=O) groups excluding carboxylic acids is 12. The molecule has 3 rings (SSSR count). The molecule has 0 aromatic carbocycles. The Kier molecular flexibility index (Phi) is 37.0. The van der Waals surface area contributed by atoms with Crippen molar-refractivity contribution in [1.29, 1.82) is 0 Å². The molecule has 3 heterocycles. The molecule has 2 aromatic heterocycles. The molecule has 12 atom stereocenters. The Labute approximate surface area is 575 Å². The number of unbranched alkanes of at least 4 members (excludes halogenated alkanes) is 1. The molecule has 0 radical (unpaired) electrons. The highest BCUT2D eigenvalue weighted by Crippen LogP contribution is 2.21. The molecule has 1 fully saturated rings. The molecule has 1 aliphatic heterocycles. The number of carboxylic acids is 3. The van der Waals surface area contributed by atoms with Gasteiger partial charge < -0.3 is 132 Å². The molecule has 0 spiro atoms. The number of aliphatic imine (C=N–C) groups is 1. The monoisotopic (exact) mass is 1440 g/mol. The van der Waals surface area contributed by atoms with Crippen LogP contribution in [0.2, 0.25) is 0 Å². The third kappa shape index (κ3) is 29.1. The number of aliphatic hydroxyl groups excluding tert-OH is 4. The van der Waals surface area contributed by atoms with Gasteiger partial charge in [0.1, 0.15) is 72.5 Å². The number of aromatic amines is 2. The zero-order chi connectivity index (χ0) is 74.6. The van der Waals surface area contributed by atoms with Gasteiger partial charge in [0.05, 0.1) is 45.6 Å². The van der Waals surface area contributed by atoms with Crippen LogP contribution in [0, 0.1) is 0 Å². The number of aromatic nitrogens is 4. The standard InChI is InChI=1S/C56H89N21O22S/c57-12-2-1-5-31(46(89)69-32(8-10-42(83)84)47(90)76-39(24-100)55(98)99)68-51(94)38(23-81)75-50(93)36(21-79)67-41(82)19-64-45(88)30(6-3-13-63-56(59)60)70-53(96)40-7-4-14-77(40)54(97)33(9-11-43(85)86)71-48(91)34(15-27-17-61-25-65-27)72-49(92)35(16-28-18-62-26-66-28)73-52(95)37(22-80)74-44(87)29(58)20-78/h17-18,25-26,29-40,78-81,100H,1-16,19-24,57-58H2,(H,61,65)(H,62,66)(H,64,88)(H,67,82)(H,68,94)(H,69,89)(H,70,96)(H,71,91)(H,72,92)(H,73,95)(H,74,87)(H,75,93)(H,76,90)(H,83,84)(H,85,86)(H,98,99)(H4,59,60,63)/t29-,30-,31-,32-,33-,34-,35-,36-,37-,38-,39-,40-/m0/s1. The summed E-state index contributed by atoms with van der Waals surface area (Å²) in [5.41, 5.74) is 22.6. The molecular formula is C56H89N21O22S. The highest BCUT2D eigenvalue weighted by Gasteiger charge is 2.41. The molecule has 0 bridgehead atoms. The number of aliphatic carboxylic acids is 3. The van der Waals surface area contributed by atoms with E-state index in [1.165, 1.54) is 25.0 Å². The van der Waals surface area contributed by atoms with Crippen LogP contribution in [-0.4, -0.2) is 286 Å². The molecule has 0 unspecified atom stereocenters. The van der Waals surface area contributed by atoms with E-state index in [0.717, 1.165) is 4.90 Å². The number of nitrogens with two attached hydrogens (primary N) is 4. The summed E-state index contributed by atoms with van der Waals surface area (Å²) in [7, 11) is 0. The van der Waals surface area contributed by atoms with Crippen LogP contribution in [0.1, 0.15) is 82.0 Å². The summed E-state index contributed by atoms with van der Waals surface area (Å²) in [6.45, 7) is -5.15. The average Bonchev–Trinajstić information content (AvgIpc) is 1.65. The number of amides is 12. The highest BCUT2D eigenvalue weighted by atomic mass is 32.1. The van der Waals surface area contributed by atoms with Crippen molar-refractivity contribution in [3.63, 3.8) is 0 Å². The van der Waals surface area contributed by atoms with E-state index in [1.54, 1.807) is 0 Å². The van der Waals surface area contributed by atoms with E-state index in [9.17, 15) is 108 Å². The first-order valence-electron chi connectivity index (χ1n) is 31.3. The van der Waals surface area contributed by atoms with Crippen molar-refractivity contribution in [2.24, 2.45) is 27.9 Å². The predicted octanol–water partition coefficient (Wildman–Crippen LogP) is -11.9. The second-order valence-corrected chi connectivity index (χ2v) is 23.0. The molecule has 28 N–H and O–H groups in total. The minimum atomic E-state index is -1.89. The number of rotatable bonds is 47. The fraction of sp³-hybridized carbons (Fsp3) is 0.607. The van der Waals surface area contributed by atoms with E-state index < -0.39 is 220 Å². The number of likely N-dealkylation sites (tertiary alicyclic amines) is 1. The number of hydrogen-bond donors (Lipinski definition) is 25. The van der Waals surface area contributed by atoms with Crippen LogP contribution in [0.4, 0.5) is 0 Å². The minimum Gasteiger partial charge on any atom is -0.481 e. The highest BCUT2D eigenvalue weighted by molar-refractivity contribution is 7.80. The van der Waals surface area contributed by atoms with Gasteiger partial charge in [0, 0.05) is 68.3 Å². The number of imidazole rings is 2. The summed E-state index contributed by atoms with van der Waals surface area (Å²) in [5, 5.41) is 93.3. The summed E-state index contributed by atoms with van der Waals surface area (Å²) in [4.78, 5) is 217. The van der Waals surface area contributed by atoms with Crippen LogP contribution in [0.5, 0.6) is 0 Å². The quantitative estimate of drug-likeness (QED) is 0.0127. The number of thiol groups is 1. The van der Waals surface area contributed by atoms with E-state index >= 15 is 0 Å². The molecule has 0 aliphatic carbocycles. The number of carbonyl (C=O) groups is 15. The fourth-order valence-electron chi connectivity index (χ4n) is 9.59. The lowest BCUT2D eigenvalue weighted by Gasteiger charge is -2.31. The molecule has 2 aromatic rings. The number of guanidine groups is 1. The lowest BCUT2D eigenvalue weighted by molar-refractivity contribution is -0.143. The molecule has 100 heavy (non-hydrogen) atoms. The molecule has 43 nitrogen and oxygen atoms in total. The van der Waals surface area contributed by atoms with Gasteiger partial charge in [-0.05, 0) is 64.3 Å². The van der Waals surface area contributed by atoms with Crippen LogP contribution in [0.25, 0.3) is 0 Å². The smallest absolute Gasteiger partial charge is 0.327 e. The van der Waals surface area contributed by atoms with Crippen molar-refractivity contribution in [2.45, 2.75) is 156 Å². The Morgan fingerprint density at radius 3 is 1.43 bits per heavy atom. The van der Waals surface area contributed by atoms with Crippen molar-refractivity contribution in [3.05, 3.63) is 36.4 Å². The first kappa shape index (κ1) is 84.1. The minimum absolute atomic E-state index is 0.00917. The van der Waals surface area contributed by atoms with Gasteiger partial charge in [-0.3, -0.25) is 72.1 Å². The average molecular weight is 1440 g/mol. The maximum atomic E-state index is 14.6. The Balaban J connectivity index is 1.81. The van der Waals surface area contributed by atoms with Crippen molar-refractivity contribution in [3.8, 4) is 0 Å². The van der Waals surface area contributed by atoms with Gasteiger partial charge in [-0.15, -0.1) is 0 Å². The van der Waals surface area contributed by atoms with E-state index in [-0.39, 0.29) is 94.1 Å². The van der Waals surface area contributed by atoms with E-state index in [1.807, 2.05) is 0 Å². The SMILES string of the molecule is NCCCC[C@H](NC(=O)[C@H](CO)NC(=O)[C@H](CO)NC(=O)CNC(=O)[C@H](CCCN=C(N)N)NC(=O)[C@@H]1CCCN1C(=O)[C@H](CCC(=O)O)NC(=O)[C@H](Cc1cnc[nH]1)NC(=O)[C@H](Cc1cnc[nH]1)NC(=O)[C@H](CO)NC(=O)[C@@H](N)CO)C(=O)N[C@@H](CCC(=O)O)C(=O)N[C@@H](CS)C(=O)O. The van der Waals surface area contributed by atoms with Crippen molar-refractivity contribution < 1.29 is 108 Å². The number of carboxylic acid groups (broad SMARTS) is 3. The maximum absolute atomic E-state index is 14.6. The van der Waals surface area contributed by atoms with Gasteiger partial charge in [0.2, 0.25) is 70.9 Å². The van der Waals surface area contributed by atoms with Gasteiger partial charge in [-0.2, -0.15) is 12.6 Å². The first-order chi connectivity index (χ1) is 47.5. The predicted molar refractivity (Wildman–Crippen MR) is 346 cm³/mol. The van der Waals surface area contributed by atoms with Crippen molar-refractivity contribution in [2.75, 3.05) is 58.4 Å². The molecule has 12 amide bonds. The van der Waals surface area contributed by atoms with Gasteiger partial charge in [-0.25, -0.2) is 14.8 Å². The van der Waals surface area contributed by atoms with Gasteiger partial charge in [-0.1, -0.05) is 0 Å². The number of H-pyrrole nitrogens is 2. The second kappa shape index (κ2) is 44.0. The lowest BCUT2D eigenvalue weighted by Crippen LogP contribution is -2.61. The number of hydrogen-bond acceptors (Lipinski definition) is 25. The zero-order valence-corrected chi connectivity index (χ0v) is 55.0. The third-order valence-electron chi connectivity index (χ3n) is 15.0. The number of nitrogens with zero attached hydrogens (tertiary/aromatic N) is 4. The second-order valence-electron chi connectivity index (χ2n) is 22.6. The van der Waals surface area contributed by atoms with Gasteiger partial charge >= 0.3 is 17.9 Å². The molecular weight excluding hydrogens is 1350 g/mol. The summed E-state index contributed by atoms with van der Waals surface area (Å²) >= 11 is 3.87. The lowest BCUT2D eigenvalue weighted by atomic mass is 10.0. The van der Waals surface area contributed by atoms with Crippen molar-refractivity contribution >= 4 is 107 Å². The first-order valence-corrected chi connectivity index (χ1v) is 31.9. The summed E-state index contributed by atoms with van der Waals surface area (Å²) in [5.74, 6) is -18.0. The maximum Gasteiger partial charge on any atom is 0.327 e. The fourth-order valence-corrected chi connectivity index (χ4v) is 9.84. The normalized spacial score (nSPS) is 15.8. The van der Waals surface area contributed by atoms with Crippen LogP contribution in [0.3, 0.4) is 0 Å². The topological polar surface area (TPSA) is 707 Å². The molecule has 1 aliphatic rings. The molecule has 44 heteroatoms. The summed E-state index contributed by atoms with van der Waals surface area (Å²) in [6, 6.07) is -19.5. The van der Waals surface area contributed by atoms with Crippen LogP contribution in [0.15, 0.2) is 30.0 Å². The molecule has 0 saturated carbocycles. The van der Waals surface area contributed by atoms with E-state index in [0.29, 0.717) is 6.42 Å². The Hall–Kier alpha value is -10.1. The molecule has 556 valence electrons.